The Morgan fingerprint density at radius 2 is 1.95 bits per heavy atom. The molecule has 0 saturated carbocycles. The van der Waals surface area contributed by atoms with Crippen molar-refractivity contribution >= 4 is 32.8 Å². The Labute approximate surface area is 128 Å². The van der Waals surface area contributed by atoms with Gasteiger partial charge in [-0.2, -0.15) is 10.2 Å². The Bertz CT molecular complexity index is 831. The molecule has 0 atom stereocenters. The fraction of sp³-hybridized carbons (Fsp3) is 0. The maximum Gasteiger partial charge on any atom is 0.339 e. The Morgan fingerprint density at radius 3 is 2.76 bits per heavy atom. The van der Waals surface area contributed by atoms with E-state index in [1.807, 2.05) is 24.3 Å². The average Bonchev–Trinajstić information content (AvgIpc) is 2.49. The minimum absolute atomic E-state index is 0.0743. The van der Waals surface area contributed by atoms with Crippen molar-refractivity contribution < 1.29 is 14.6 Å². The number of fused-ring (bicyclic) bond motifs is 1. The van der Waals surface area contributed by atoms with Crippen LogP contribution < -0.4 is 4.74 Å². The quantitative estimate of drug-likeness (QED) is 0.780. The summed E-state index contributed by atoms with van der Waals surface area (Å²) in [6.45, 7) is 0. The van der Waals surface area contributed by atoms with Gasteiger partial charge in [0.2, 0.25) is 0 Å². The second-order valence-electron chi connectivity index (χ2n) is 4.27. The molecule has 104 valence electrons. The van der Waals surface area contributed by atoms with Crippen molar-refractivity contribution in [3.05, 3.63) is 58.7 Å². The smallest absolute Gasteiger partial charge is 0.339 e. The highest BCUT2D eigenvalue weighted by molar-refractivity contribution is 9.10. The summed E-state index contributed by atoms with van der Waals surface area (Å²) in [6, 6.07) is 12.2. The monoisotopic (exact) mass is 344 g/mol. The summed E-state index contributed by atoms with van der Waals surface area (Å²) < 4.78 is 6.41. The van der Waals surface area contributed by atoms with Gasteiger partial charge in [0, 0.05) is 9.86 Å². The summed E-state index contributed by atoms with van der Waals surface area (Å²) in [7, 11) is 0. The molecule has 0 aliphatic heterocycles. The largest absolute Gasteiger partial charge is 0.478 e. The summed E-state index contributed by atoms with van der Waals surface area (Å²) >= 11 is 3.25. The Hall–Kier alpha value is -2.47. The van der Waals surface area contributed by atoms with Crippen LogP contribution in [0.5, 0.6) is 11.5 Å². The number of aromatic nitrogens is 2. The van der Waals surface area contributed by atoms with E-state index in [0.717, 1.165) is 5.39 Å². The standard InChI is InChI=1S/C15H9BrN2O3/c16-9-5-6-13(11(7-9)15(19)20)21-14-8-17-18-12-4-2-1-3-10(12)14/h1-8H,(H,19,20). The Morgan fingerprint density at radius 1 is 1.14 bits per heavy atom. The number of hydrogen-bond donors (Lipinski definition) is 1. The zero-order valence-corrected chi connectivity index (χ0v) is 12.2. The molecule has 3 rings (SSSR count). The summed E-state index contributed by atoms with van der Waals surface area (Å²) in [5.41, 5.74) is 0.759. The number of rotatable bonds is 3. The van der Waals surface area contributed by atoms with Gasteiger partial charge in [-0.15, -0.1) is 0 Å². The summed E-state index contributed by atoms with van der Waals surface area (Å²) in [5, 5.41) is 17.9. The van der Waals surface area contributed by atoms with Crippen molar-refractivity contribution in [1.82, 2.24) is 10.2 Å². The highest BCUT2D eigenvalue weighted by atomic mass is 79.9. The van der Waals surface area contributed by atoms with Crippen LogP contribution in [0, 0.1) is 0 Å². The number of halogens is 1. The first kappa shape index (κ1) is 13.5. The lowest BCUT2D eigenvalue weighted by Crippen LogP contribution is -2.00. The van der Waals surface area contributed by atoms with Gasteiger partial charge in [-0.25, -0.2) is 4.79 Å². The van der Waals surface area contributed by atoms with Crippen LogP contribution in [0.15, 0.2) is 53.1 Å². The van der Waals surface area contributed by atoms with Crippen LogP contribution >= 0.6 is 15.9 Å². The predicted octanol–water partition coefficient (Wildman–Crippen LogP) is 3.88. The van der Waals surface area contributed by atoms with Gasteiger partial charge in [0.1, 0.15) is 11.3 Å². The second kappa shape index (κ2) is 5.49. The van der Waals surface area contributed by atoms with Crippen LogP contribution in [-0.4, -0.2) is 21.3 Å². The van der Waals surface area contributed by atoms with Crippen LogP contribution in [0.3, 0.4) is 0 Å². The van der Waals surface area contributed by atoms with Gasteiger partial charge in [-0.05, 0) is 30.3 Å². The molecule has 0 unspecified atom stereocenters. The number of carboxylic acids is 1. The van der Waals surface area contributed by atoms with Crippen molar-refractivity contribution in [2.75, 3.05) is 0 Å². The molecule has 0 amide bonds. The fourth-order valence-electron chi connectivity index (χ4n) is 1.94. The Balaban J connectivity index is 2.09. The molecule has 21 heavy (non-hydrogen) atoms. The first-order valence-corrected chi connectivity index (χ1v) is 6.85. The molecule has 1 heterocycles. The lowest BCUT2D eigenvalue weighted by molar-refractivity contribution is 0.0694. The van der Waals surface area contributed by atoms with Crippen molar-refractivity contribution in [1.29, 1.82) is 0 Å². The van der Waals surface area contributed by atoms with E-state index in [2.05, 4.69) is 26.1 Å². The third-order valence-corrected chi connectivity index (χ3v) is 3.40. The number of carbonyl (C=O) groups is 1. The van der Waals surface area contributed by atoms with E-state index in [1.54, 1.807) is 12.1 Å². The highest BCUT2D eigenvalue weighted by Crippen LogP contribution is 2.31. The van der Waals surface area contributed by atoms with Gasteiger partial charge < -0.3 is 9.84 Å². The van der Waals surface area contributed by atoms with Crippen molar-refractivity contribution in [3.63, 3.8) is 0 Å². The molecule has 5 nitrogen and oxygen atoms in total. The predicted molar refractivity (Wildman–Crippen MR) is 80.7 cm³/mol. The van der Waals surface area contributed by atoms with E-state index in [9.17, 15) is 9.90 Å². The number of nitrogens with zero attached hydrogens (tertiary/aromatic N) is 2. The maximum absolute atomic E-state index is 11.3. The maximum atomic E-state index is 11.3. The van der Waals surface area contributed by atoms with Crippen molar-refractivity contribution in [3.8, 4) is 11.5 Å². The number of ether oxygens (including phenoxy) is 1. The van der Waals surface area contributed by atoms with Crippen LogP contribution in [0.1, 0.15) is 10.4 Å². The molecule has 0 fully saturated rings. The second-order valence-corrected chi connectivity index (χ2v) is 5.19. The Kier molecular flexibility index (Phi) is 3.53. The fourth-order valence-corrected chi connectivity index (χ4v) is 2.30. The lowest BCUT2D eigenvalue weighted by Gasteiger charge is -2.10. The minimum Gasteiger partial charge on any atom is -0.478 e. The molecular weight excluding hydrogens is 336 g/mol. The van der Waals surface area contributed by atoms with Crippen LogP contribution in [0.25, 0.3) is 10.9 Å². The molecule has 0 bridgehead atoms. The van der Waals surface area contributed by atoms with Gasteiger partial charge >= 0.3 is 5.97 Å². The number of hydrogen-bond acceptors (Lipinski definition) is 4. The molecule has 0 spiro atoms. The minimum atomic E-state index is -1.06. The van der Waals surface area contributed by atoms with Crippen LogP contribution in [0.2, 0.25) is 0 Å². The molecule has 2 aromatic carbocycles. The number of carboxylic acid groups (broad SMARTS) is 1. The highest BCUT2D eigenvalue weighted by Gasteiger charge is 2.14. The van der Waals surface area contributed by atoms with E-state index in [-0.39, 0.29) is 11.3 Å². The first-order chi connectivity index (χ1) is 10.1. The normalized spacial score (nSPS) is 10.5. The molecule has 6 heteroatoms. The number of benzene rings is 2. The van der Waals surface area contributed by atoms with Gasteiger partial charge in [-0.1, -0.05) is 28.1 Å². The van der Waals surface area contributed by atoms with E-state index >= 15 is 0 Å². The van der Waals surface area contributed by atoms with E-state index in [1.165, 1.54) is 12.3 Å². The lowest BCUT2D eigenvalue weighted by atomic mass is 10.2. The molecule has 3 aromatic rings. The zero-order chi connectivity index (χ0) is 14.8. The first-order valence-electron chi connectivity index (χ1n) is 6.06. The summed E-state index contributed by atoms with van der Waals surface area (Å²) in [5.74, 6) is -0.341. The third kappa shape index (κ3) is 2.71. The van der Waals surface area contributed by atoms with Gasteiger partial charge in [0.25, 0.3) is 0 Å². The number of aromatic carboxylic acids is 1. The molecular formula is C15H9BrN2O3. The molecule has 0 saturated heterocycles. The topological polar surface area (TPSA) is 72.3 Å². The van der Waals surface area contributed by atoms with Crippen molar-refractivity contribution in [2.45, 2.75) is 0 Å². The summed E-state index contributed by atoms with van der Waals surface area (Å²) in [4.78, 5) is 11.3. The molecule has 1 N–H and O–H groups in total. The average molecular weight is 345 g/mol. The molecule has 0 aliphatic rings. The molecule has 0 radical (unpaired) electrons. The van der Waals surface area contributed by atoms with Crippen LogP contribution in [-0.2, 0) is 0 Å². The van der Waals surface area contributed by atoms with Gasteiger partial charge in [-0.3, -0.25) is 0 Å². The van der Waals surface area contributed by atoms with Gasteiger partial charge in [0.15, 0.2) is 5.75 Å². The SMILES string of the molecule is O=C(O)c1cc(Br)ccc1Oc1cnnc2ccccc12. The zero-order valence-electron chi connectivity index (χ0n) is 10.7. The molecule has 0 aliphatic carbocycles. The molecule has 1 aromatic heterocycles. The van der Waals surface area contributed by atoms with E-state index in [4.69, 9.17) is 4.74 Å². The van der Waals surface area contributed by atoms with E-state index < -0.39 is 5.97 Å². The van der Waals surface area contributed by atoms with E-state index in [0.29, 0.717) is 15.7 Å². The summed E-state index contributed by atoms with van der Waals surface area (Å²) in [6.07, 6.45) is 1.47. The van der Waals surface area contributed by atoms with Crippen molar-refractivity contribution in [2.24, 2.45) is 0 Å². The van der Waals surface area contributed by atoms with Gasteiger partial charge in [0.05, 0.1) is 11.7 Å². The third-order valence-electron chi connectivity index (χ3n) is 2.90. The van der Waals surface area contributed by atoms with Crippen LogP contribution in [0.4, 0.5) is 0 Å².